The fourth-order valence-corrected chi connectivity index (χ4v) is 4.13. The van der Waals surface area contributed by atoms with Gasteiger partial charge in [0.1, 0.15) is 11.3 Å². The Hall–Kier alpha value is -4.33. The van der Waals surface area contributed by atoms with Crippen LogP contribution in [-0.4, -0.2) is 32.9 Å². The number of carbonyl (C=O) groups excluding carboxylic acids is 2. The smallest absolute Gasteiger partial charge is 0.344 e. The van der Waals surface area contributed by atoms with E-state index in [9.17, 15) is 14.4 Å². The van der Waals surface area contributed by atoms with Crippen molar-refractivity contribution in [2.75, 3.05) is 25.9 Å². The molecule has 3 aromatic carbocycles. The van der Waals surface area contributed by atoms with Crippen LogP contribution in [0.1, 0.15) is 26.3 Å². The molecule has 8 nitrogen and oxygen atoms in total. The maximum atomic E-state index is 12.6. The van der Waals surface area contributed by atoms with Crippen LogP contribution in [0.2, 0.25) is 0 Å². The average Bonchev–Trinajstić information content (AvgIpc) is 2.87. The Kier molecular flexibility index (Phi) is 4.97. The van der Waals surface area contributed by atoms with Crippen molar-refractivity contribution in [3.05, 3.63) is 81.7 Å². The zero-order valence-electron chi connectivity index (χ0n) is 17.9. The molecule has 1 aliphatic rings. The molecule has 0 atom stereocenters. The SMILES string of the molecule is COC(=O)c1ccc(C(=O)OC)c(N2COc3ccc4c(oc(=O)c5ccccc54)c3C2)c1. The van der Waals surface area contributed by atoms with Crippen LogP contribution in [0.4, 0.5) is 5.69 Å². The number of methoxy groups -OCH3 is 2. The molecule has 1 aromatic heterocycles. The van der Waals surface area contributed by atoms with Crippen molar-refractivity contribution < 1.29 is 28.2 Å². The molecular weight excluding hydrogens is 426 g/mol. The van der Waals surface area contributed by atoms with Crippen molar-refractivity contribution in [2.24, 2.45) is 0 Å². The van der Waals surface area contributed by atoms with Crippen molar-refractivity contribution in [3.63, 3.8) is 0 Å². The van der Waals surface area contributed by atoms with Gasteiger partial charge in [-0.3, -0.25) is 0 Å². The van der Waals surface area contributed by atoms with Gasteiger partial charge in [0.05, 0.1) is 48.5 Å². The summed E-state index contributed by atoms with van der Waals surface area (Å²) in [6.07, 6.45) is 0. The van der Waals surface area contributed by atoms with Crippen LogP contribution in [0, 0.1) is 0 Å². The molecule has 8 heteroatoms. The first kappa shape index (κ1) is 20.6. The lowest BCUT2D eigenvalue weighted by molar-refractivity contribution is 0.0587. The lowest BCUT2D eigenvalue weighted by atomic mass is 10.0. The monoisotopic (exact) mass is 445 g/mol. The van der Waals surface area contributed by atoms with E-state index in [1.165, 1.54) is 26.4 Å². The molecule has 0 fully saturated rings. The topological polar surface area (TPSA) is 95.3 Å². The third-order valence-corrected chi connectivity index (χ3v) is 5.74. The second-order valence-electron chi connectivity index (χ2n) is 7.54. The van der Waals surface area contributed by atoms with E-state index in [0.29, 0.717) is 28.0 Å². The maximum absolute atomic E-state index is 12.6. The fraction of sp³-hybridized carbons (Fsp3) is 0.160. The van der Waals surface area contributed by atoms with E-state index in [1.807, 2.05) is 24.3 Å². The van der Waals surface area contributed by atoms with Crippen molar-refractivity contribution in [2.45, 2.75) is 6.54 Å². The number of anilines is 1. The van der Waals surface area contributed by atoms with E-state index < -0.39 is 17.6 Å². The molecule has 0 saturated heterocycles. The Morgan fingerprint density at radius 3 is 2.42 bits per heavy atom. The predicted octanol–water partition coefficient (Wildman–Crippen LogP) is 3.88. The van der Waals surface area contributed by atoms with Crippen LogP contribution in [0.3, 0.4) is 0 Å². The lowest BCUT2D eigenvalue weighted by Gasteiger charge is -2.32. The van der Waals surface area contributed by atoms with Gasteiger partial charge in [0.15, 0.2) is 6.73 Å². The maximum Gasteiger partial charge on any atom is 0.344 e. The minimum atomic E-state index is -0.553. The number of esters is 2. The molecule has 1 aliphatic heterocycles. The largest absolute Gasteiger partial charge is 0.473 e. The Morgan fingerprint density at radius 2 is 1.67 bits per heavy atom. The molecule has 0 radical (unpaired) electrons. The number of benzene rings is 3. The quantitative estimate of drug-likeness (QED) is 0.266. The molecule has 0 aliphatic carbocycles. The average molecular weight is 445 g/mol. The molecule has 0 saturated carbocycles. The second-order valence-corrected chi connectivity index (χ2v) is 7.54. The normalized spacial score (nSPS) is 12.8. The molecule has 0 unspecified atom stereocenters. The first-order valence-electron chi connectivity index (χ1n) is 10.2. The van der Waals surface area contributed by atoms with Gasteiger partial charge in [0.25, 0.3) is 0 Å². The zero-order chi connectivity index (χ0) is 23.1. The van der Waals surface area contributed by atoms with Gasteiger partial charge < -0.3 is 23.5 Å². The summed E-state index contributed by atoms with van der Waals surface area (Å²) < 4.78 is 21.4. The van der Waals surface area contributed by atoms with E-state index in [-0.39, 0.29) is 24.4 Å². The highest BCUT2D eigenvalue weighted by atomic mass is 16.5. The van der Waals surface area contributed by atoms with Gasteiger partial charge in [-0.25, -0.2) is 14.4 Å². The van der Waals surface area contributed by atoms with E-state index in [0.717, 1.165) is 10.8 Å². The zero-order valence-corrected chi connectivity index (χ0v) is 17.9. The molecular formula is C25H19NO7. The molecule has 166 valence electrons. The number of hydrogen-bond donors (Lipinski definition) is 0. The first-order valence-corrected chi connectivity index (χ1v) is 10.2. The van der Waals surface area contributed by atoms with Gasteiger partial charge in [-0.05, 0) is 41.8 Å². The number of hydrogen-bond acceptors (Lipinski definition) is 8. The molecule has 33 heavy (non-hydrogen) atoms. The summed E-state index contributed by atoms with van der Waals surface area (Å²) in [7, 11) is 2.57. The number of carbonyl (C=O) groups is 2. The van der Waals surface area contributed by atoms with Crippen molar-refractivity contribution in [1.82, 2.24) is 0 Å². The minimum absolute atomic E-state index is 0.116. The van der Waals surface area contributed by atoms with Crippen LogP contribution in [0.5, 0.6) is 5.75 Å². The Morgan fingerprint density at radius 1 is 0.909 bits per heavy atom. The predicted molar refractivity (Wildman–Crippen MR) is 121 cm³/mol. The summed E-state index contributed by atoms with van der Waals surface area (Å²) >= 11 is 0. The highest BCUT2D eigenvalue weighted by molar-refractivity contribution is 6.06. The highest BCUT2D eigenvalue weighted by Crippen LogP contribution is 2.37. The van der Waals surface area contributed by atoms with Crippen molar-refractivity contribution >= 4 is 39.4 Å². The van der Waals surface area contributed by atoms with E-state index in [4.69, 9.17) is 18.6 Å². The van der Waals surface area contributed by atoms with Crippen LogP contribution in [-0.2, 0) is 16.0 Å². The summed E-state index contributed by atoms with van der Waals surface area (Å²) in [4.78, 5) is 38.9. The fourth-order valence-electron chi connectivity index (χ4n) is 4.13. The number of nitrogens with zero attached hydrogens (tertiary/aromatic N) is 1. The van der Waals surface area contributed by atoms with E-state index in [2.05, 4.69) is 0 Å². The Labute approximate surface area is 187 Å². The van der Waals surface area contributed by atoms with Gasteiger partial charge in [-0.2, -0.15) is 0 Å². The summed E-state index contributed by atoms with van der Waals surface area (Å²) in [6.45, 7) is 0.396. The van der Waals surface area contributed by atoms with Gasteiger partial charge in [0.2, 0.25) is 0 Å². The van der Waals surface area contributed by atoms with Crippen LogP contribution >= 0.6 is 0 Å². The van der Waals surface area contributed by atoms with Crippen LogP contribution in [0.15, 0.2) is 63.8 Å². The number of rotatable bonds is 3. The Balaban J connectivity index is 1.67. The van der Waals surface area contributed by atoms with Crippen LogP contribution < -0.4 is 15.3 Å². The molecule has 4 aromatic rings. The van der Waals surface area contributed by atoms with E-state index >= 15 is 0 Å². The Bertz CT molecular complexity index is 1490. The minimum Gasteiger partial charge on any atom is -0.473 e. The van der Waals surface area contributed by atoms with Gasteiger partial charge in [-0.15, -0.1) is 0 Å². The number of fused-ring (bicyclic) bond motifs is 5. The second kappa shape index (κ2) is 7.98. The molecule has 2 heterocycles. The summed E-state index contributed by atoms with van der Waals surface area (Å²) in [5.41, 5.74) is 1.64. The summed E-state index contributed by atoms with van der Waals surface area (Å²) in [5.74, 6) is -0.502. The van der Waals surface area contributed by atoms with Gasteiger partial charge in [-0.1, -0.05) is 18.2 Å². The van der Waals surface area contributed by atoms with E-state index in [1.54, 1.807) is 23.1 Å². The lowest BCUT2D eigenvalue weighted by Crippen LogP contribution is -2.33. The molecule has 0 bridgehead atoms. The molecule has 0 amide bonds. The third-order valence-electron chi connectivity index (χ3n) is 5.74. The number of ether oxygens (including phenoxy) is 3. The molecule has 0 spiro atoms. The van der Waals surface area contributed by atoms with Crippen molar-refractivity contribution in [1.29, 1.82) is 0 Å². The van der Waals surface area contributed by atoms with Gasteiger partial charge >= 0.3 is 17.6 Å². The molecule has 5 rings (SSSR count). The van der Waals surface area contributed by atoms with Gasteiger partial charge in [0, 0.05) is 5.39 Å². The highest BCUT2D eigenvalue weighted by Gasteiger charge is 2.27. The standard InChI is InChI=1S/C25H19NO7/c1-30-23(27)14-7-8-18(24(28)31-2)20(11-14)26-12-19-21(32-13-26)10-9-16-15-5-3-4-6-17(15)25(29)33-22(16)19/h3-11H,12-13H2,1-2H3. The summed E-state index contributed by atoms with van der Waals surface area (Å²) in [5, 5.41) is 2.06. The third kappa shape index (κ3) is 3.36. The van der Waals surface area contributed by atoms with Crippen LogP contribution in [0.25, 0.3) is 21.7 Å². The molecule has 0 N–H and O–H groups in total. The van der Waals surface area contributed by atoms with Crippen molar-refractivity contribution in [3.8, 4) is 5.75 Å². The summed E-state index contributed by atoms with van der Waals surface area (Å²) in [6, 6.07) is 15.5. The first-order chi connectivity index (χ1) is 16.0.